The highest BCUT2D eigenvalue weighted by Crippen LogP contribution is 2.33. The number of aromatic nitrogens is 3. The third-order valence-corrected chi connectivity index (χ3v) is 8.92. The Morgan fingerprint density at radius 2 is 1.80 bits per heavy atom. The second-order valence-corrected chi connectivity index (χ2v) is 12.1. The second-order valence-electron chi connectivity index (χ2n) is 10.0. The van der Waals surface area contributed by atoms with E-state index in [9.17, 15) is 17.2 Å². The van der Waals surface area contributed by atoms with Gasteiger partial charge >= 0.3 is 0 Å². The number of pyridine rings is 1. The molecule has 0 bridgehead atoms. The molecule has 0 amide bonds. The second kappa shape index (κ2) is 11.7. The van der Waals surface area contributed by atoms with E-state index in [2.05, 4.69) is 56.1 Å². The number of benzene rings is 1. The maximum absolute atomic E-state index is 15.0. The molecule has 1 aliphatic rings. The van der Waals surface area contributed by atoms with Gasteiger partial charge in [-0.3, -0.25) is 4.72 Å². The summed E-state index contributed by atoms with van der Waals surface area (Å²) in [6.07, 6.45) is 2.34. The van der Waals surface area contributed by atoms with Crippen LogP contribution in [0.4, 0.5) is 24.8 Å². The van der Waals surface area contributed by atoms with Gasteiger partial charge < -0.3 is 10.2 Å². The van der Waals surface area contributed by atoms with Crippen LogP contribution in [0.5, 0.6) is 0 Å². The van der Waals surface area contributed by atoms with Crippen LogP contribution in [0.25, 0.3) is 22.3 Å². The van der Waals surface area contributed by atoms with Crippen LogP contribution in [-0.2, 0) is 10.0 Å². The molecule has 8 nitrogen and oxygen atoms in total. The summed E-state index contributed by atoms with van der Waals surface area (Å²) in [5, 5.41) is 3.16. The standard InChI is InChI=1S/C28H26ClF3N6O2S/c1-38(2)18-10-8-17(9-11-18)34-28-33-15-24-26(36-28)19(27(31)32)14-23(35-24)16-7-12-22(21(30)13-16)37-41(39,40)25-6-4-3-5-20(25)29/h5-7,12-15,17-18,27,37H,8-11H2,1-2H3,(H,33,34,36). The van der Waals surface area contributed by atoms with Crippen LogP contribution in [0, 0.1) is 17.9 Å². The van der Waals surface area contributed by atoms with Crippen LogP contribution in [0.1, 0.15) is 37.7 Å². The van der Waals surface area contributed by atoms with Crippen LogP contribution in [0.2, 0.25) is 5.02 Å². The van der Waals surface area contributed by atoms with E-state index in [1.165, 1.54) is 24.4 Å². The number of nitrogens with zero attached hydrogens (tertiary/aromatic N) is 4. The summed E-state index contributed by atoms with van der Waals surface area (Å²) in [6, 6.07) is 12.7. The van der Waals surface area contributed by atoms with Crippen LogP contribution >= 0.6 is 11.6 Å². The molecule has 0 saturated heterocycles. The molecule has 2 aromatic carbocycles. The molecule has 1 fully saturated rings. The zero-order valence-electron chi connectivity index (χ0n) is 22.1. The molecule has 0 radical (unpaired) electrons. The van der Waals surface area contributed by atoms with Crippen molar-refractivity contribution in [2.24, 2.45) is 0 Å². The van der Waals surface area contributed by atoms with Crippen molar-refractivity contribution in [1.82, 2.24) is 19.9 Å². The zero-order valence-corrected chi connectivity index (χ0v) is 23.7. The maximum atomic E-state index is 15.0. The molecule has 214 valence electrons. The van der Waals surface area contributed by atoms with Crippen molar-refractivity contribution in [1.29, 1.82) is 0 Å². The third kappa shape index (κ3) is 6.32. The fourth-order valence-corrected chi connectivity index (χ4v) is 6.37. The quantitative estimate of drug-likeness (QED) is 0.251. The average molecular weight is 603 g/mol. The van der Waals surface area contributed by atoms with Gasteiger partial charge in [0.25, 0.3) is 16.4 Å². The molecule has 0 aliphatic heterocycles. The Hall–Kier alpha value is -3.66. The molecule has 1 saturated carbocycles. The number of halogens is 4. The Kier molecular flexibility index (Phi) is 8.22. The minimum absolute atomic E-state index is 0.00173. The molecule has 0 spiro atoms. The summed E-state index contributed by atoms with van der Waals surface area (Å²) >= 11 is 5.93. The number of fused-ring (bicyclic) bond motifs is 1. The molecule has 2 aromatic heterocycles. The highest BCUT2D eigenvalue weighted by Gasteiger charge is 2.24. The monoisotopic (exact) mass is 602 g/mol. The summed E-state index contributed by atoms with van der Waals surface area (Å²) in [5.74, 6) is -0.687. The molecule has 2 N–H and O–H groups in total. The van der Waals surface area contributed by atoms with Crippen LogP contribution in [0.15, 0.2) is 47.5 Å². The normalized spacial score (nSPS) is 17.6. The van der Waals surface area contributed by atoms with Gasteiger partial charge in [-0.1, -0.05) is 29.8 Å². The van der Waals surface area contributed by atoms with Crippen LogP contribution in [0.3, 0.4) is 0 Å². The molecule has 13 heteroatoms. The number of hydrogen-bond donors (Lipinski definition) is 2. The number of hydrogen-bond acceptors (Lipinski definition) is 7. The summed E-state index contributed by atoms with van der Waals surface area (Å²) in [6.45, 7) is 0. The summed E-state index contributed by atoms with van der Waals surface area (Å²) in [5.41, 5.74) is -0.383. The van der Waals surface area contributed by atoms with Crippen molar-refractivity contribution in [3.63, 3.8) is 0 Å². The molecule has 0 unspecified atom stereocenters. The van der Waals surface area contributed by atoms with Crippen molar-refractivity contribution in [2.45, 2.75) is 49.1 Å². The predicted octanol–water partition coefficient (Wildman–Crippen LogP) is 6.11. The molecule has 4 aromatic rings. The van der Waals surface area contributed by atoms with Gasteiger partial charge in [-0.15, -0.1) is 0 Å². The van der Waals surface area contributed by atoms with Gasteiger partial charge in [-0.25, -0.2) is 36.5 Å². The Morgan fingerprint density at radius 1 is 1.07 bits per heavy atom. The lowest BCUT2D eigenvalue weighted by Crippen LogP contribution is -2.36. The van der Waals surface area contributed by atoms with Crippen molar-refractivity contribution in [2.75, 3.05) is 24.1 Å². The van der Waals surface area contributed by atoms with Crippen LogP contribution in [-0.4, -0.2) is 54.4 Å². The third-order valence-electron chi connectivity index (χ3n) is 7.09. The van der Waals surface area contributed by atoms with Gasteiger partial charge in [0, 0.05) is 35.3 Å². The Bertz CT molecular complexity index is 1680. The predicted molar refractivity (Wildman–Crippen MR) is 151 cm³/mol. The summed E-state index contributed by atoms with van der Waals surface area (Å²) < 4.78 is 70.8. The van der Waals surface area contributed by atoms with Gasteiger partial charge in [0.15, 0.2) is 0 Å². The van der Waals surface area contributed by atoms with E-state index in [0.29, 0.717) is 6.04 Å². The van der Waals surface area contributed by atoms with Gasteiger partial charge in [0.1, 0.15) is 21.7 Å². The lowest BCUT2D eigenvalue weighted by Gasteiger charge is -2.32. The highest BCUT2D eigenvalue weighted by atomic mass is 35.5. The van der Waals surface area contributed by atoms with E-state index in [0.717, 1.165) is 43.9 Å². The zero-order chi connectivity index (χ0) is 29.3. The Labute approximate surface area is 241 Å². The van der Waals surface area contributed by atoms with E-state index in [1.807, 2.05) is 0 Å². The van der Waals surface area contributed by atoms with Crippen molar-refractivity contribution in [3.8, 4) is 11.3 Å². The minimum Gasteiger partial charge on any atom is -0.351 e. The first-order chi connectivity index (χ1) is 19.5. The van der Waals surface area contributed by atoms with E-state index in [1.54, 1.807) is 0 Å². The average Bonchev–Trinajstić information content (AvgIpc) is 2.94. The van der Waals surface area contributed by atoms with E-state index in [4.69, 9.17) is 11.6 Å². The topological polar surface area (TPSA) is 100 Å². The first-order valence-electron chi connectivity index (χ1n) is 12.8. The van der Waals surface area contributed by atoms with Gasteiger partial charge in [0.2, 0.25) is 5.95 Å². The number of anilines is 2. The number of rotatable bonds is 8. The van der Waals surface area contributed by atoms with Crippen molar-refractivity contribution < 1.29 is 21.6 Å². The largest absolute Gasteiger partial charge is 0.351 e. The highest BCUT2D eigenvalue weighted by molar-refractivity contribution is 7.92. The maximum Gasteiger partial charge on any atom is 0.266 e. The van der Waals surface area contributed by atoms with Gasteiger partial charge in [0.05, 0.1) is 22.6 Å². The lowest BCUT2D eigenvalue weighted by atomic mass is 9.91. The first kappa shape index (κ1) is 28.9. The Balaban J connectivity index is 1.40. The molecule has 2 heterocycles. The summed E-state index contributed by atoms with van der Waals surface area (Å²) in [7, 11) is -0.109. The van der Waals surface area contributed by atoms with Gasteiger partial charge in [-0.2, -0.15) is 0 Å². The number of sulfonamides is 1. The first-order valence-corrected chi connectivity index (χ1v) is 14.7. The van der Waals surface area contributed by atoms with Crippen molar-refractivity contribution in [3.05, 3.63) is 71.1 Å². The fraction of sp³-hybridized carbons (Fsp3) is 0.321. The SMILES string of the molecule is CN(C)C1CCC(Nc2ncc3nc(-c4ccc(NS(=O)(=O)c5cc#ccc5Cl)c(F)c4)cc(C(F)F)c3n2)CC1. The van der Waals surface area contributed by atoms with E-state index in [-0.39, 0.29) is 55.4 Å². The molecule has 0 atom stereocenters. The molecule has 5 rings (SSSR count). The van der Waals surface area contributed by atoms with E-state index >= 15 is 4.39 Å². The molecular weight excluding hydrogens is 577 g/mol. The van der Waals surface area contributed by atoms with Crippen molar-refractivity contribution >= 4 is 44.3 Å². The molecule has 41 heavy (non-hydrogen) atoms. The minimum atomic E-state index is -4.22. The molecular formula is C28H26ClF3N6O2S. The number of alkyl halides is 2. The van der Waals surface area contributed by atoms with Crippen LogP contribution < -0.4 is 10.0 Å². The summed E-state index contributed by atoms with van der Waals surface area (Å²) in [4.78, 5) is 14.9. The Morgan fingerprint density at radius 3 is 2.46 bits per heavy atom. The fourth-order valence-electron chi connectivity index (χ4n) is 4.87. The smallest absolute Gasteiger partial charge is 0.266 e. The van der Waals surface area contributed by atoms with E-state index < -0.39 is 22.3 Å². The van der Waals surface area contributed by atoms with Gasteiger partial charge in [-0.05, 0) is 58.0 Å². The molecule has 1 aliphatic carbocycles. The lowest BCUT2D eigenvalue weighted by molar-refractivity contribution is 0.153. The number of nitrogens with one attached hydrogen (secondary N) is 2.